The fourth-order valence-electron chi connectivity index (χ4n) is 1.77. The van der Waals surface area contributed by atoms with Gasteiger partial charge < -0.3 is 9.47 Å². The number of carbonyl (C=O) groups excluding carboxylic acids is 1. The molecule has 2 aromatic rings. The molecule has 0 spiro atoms. The Bertz CT molecular complexity index is 743. The summed E-state index contributed by atoms with van der Waals surface area (Å²) in [5, 5.41) is 0.962. The van der Waals surface area contributed by atoms with Crippen LogP contribution in [0.15, 0.2) is 36.4 Å². The molecule has 0 saturated carbocycles. The molecule has 0 fully saturated rings. The van der Waals surface area contributed by atoms with Crippen LogP contribution < -0.4 is 4.74 Å². The zero-order valence-corrected chi connectivity index (χ0v) is 14.1. The molecule has 0 aliphatic carbocycles. The van der Waals surface area contributed by atoms with Gasteiger partial charge in [-0.15, -0.1) is 6.42 Å². The van der Waals surface area contributed by atoms with E-state index in [4.69, 9.17) is 50.7 Å². The van der Waals surface area contributed by atoms with Gasteiger partial charge in [0.2, 0.25) is 0 Å². The number of carbonyl (C=O) groups is 1. The SMILES string of the molecule is C#CCOC(=O)c1cc(Cl)c(OCc2ccccc2Cl)c(Cl)c1. The highest BCUT2D eigenvalue weighted by molar-refractivity contribution is 6.37. The number of rotatable bonds is 5. The minimum atomic E-state index is -0.607. The summed E-state index contributed by atoms with van der Waals surface area (Å²) in [5.74, 6) is 1.86. The van der Waals surface area contributed by atoms with Crippen molar-refractivity contribution in [3.63, 3.8) is 0 Å². The summed E-state index contributed by atoms with van der Waals surface area (Å²) in [6.45, 7) is 0.0683. The van der Waals surface area contributed by atoms with Crippen LogP contribution >= 0.6 is 34.8 Å². The van der Waals surface area contributed by atoms with Crippen LogP contribution in [0.4, 0.5) is 0 Å². The van der Waals surface area contributed by atoms with E-state index in [1.54, 1.807) is 6.07 Å². The molecule has 0 aliphatic heterocycles. The van der Waals surface area contributed by atoms with Crippen LogP contribution in [0.5, 0.6) is 5.75 Å². The maximum Gasteiger partial charge on any atom is 0.339 e. The Labute approximate surface area is 149 Å². The summed E-state index contributed by atoms with van der Waals surface area (Å²) in [6, 6.07) is 10.1. The van der Waals surface area contributed by atoms with E-state index in [2.05, 4.69) is 5.92 Å². The number of halogens is 3. The predicted molar refractivity (Wildman–Crippen MR) is 91.4 cm³/mol. The fourth-order valence-corrected chi connectivity index (χ4v) is 2.56. The number of hydrogen-bond donors (Lipinski definition) is 0. The summed E-state index contributed by atoms with van der Waals surface area (Å²) >= 11 is 18.3. The topological polar surface area (TPSA) is 35.5 Å². The summed E-state index contributed by atoms with van der Waals surface area (Å²) in [4.78, 5) is 11.7. The van der Waals surface area contributed by atoms with Crippen LogP contribution in [0.3, 0.4) is 0 Å². The molecule has 0 aliphatic rings. The van der Waals surface area contributed by atoms with Gasteiger partial charge in [-0.25, -0.2) is 4.79 Å². The monoisotopic (exact) mass is 368 g/mol. The van der Waals surface area contributed by atoms with Crippen molar-refractivity contribution in [3.8, 4) is 18.1 Å². The molecule has 23 heavy (non-hydrogen) atoms. The maximum absolute atomic E-state index is 11.7. The summed E-state index contributed by atoms with van der Waals surface area (Å²) < 4.78 is 10.4. The molecule has 118 valence electrons. The third kappa shape index (κ3) is 4.56. The van der Waals surface area contributed by atoms with E-state index in [-0.39, 0.29) is 34.6 Å². The molecule has 0 N–H and O–H groups in total. The molecule has 6 heteroatoms. The fraction of sp³-hybridized carbons (Fsp3) is 0.118. The van der Waals surface area contributed by atoms with E-state index in [1.807, 2.05) is 18.2 Å². The smallest absolute Gasteiger partial charge is 0.339 e. The normalized spacial score (nSPS) is 10.0. The van der Waals surface area contributed by atoms with Gasteiger partial charge in [-0.1, -0.05) is 58.9 Å². The van der Waals surface area contributed by atoms with Gasteiger partial charge >= 0.3 is 5.97 Å². The second-order valence-corrected chi connectivity index (χ2v) is 5.65. The lowest BCUT2D eigenvalue weighted by atomic mass is 10.2. The zero-order valence-electron chi connectivity index (χ0n) is 11.8. The molecule has 0 bridgehead atoms. The lowest BCUT2D eigenvalue weighted by Crippen LogP contribution is -2.06. The highest BCUT2D eigenvalue weighted by Crippen LogP contribution is 2.35. The molecular formula is C17H11Cl3O3. The van der Waals surface area contributed by atoms with Crippen LogP contribution in [0, 0.1) is 12.3 Å². The van der Waals surface area contributed by atoms with Gasteiger partial charge in [0.25, 0.3) is 0 Å². The van der Waals surface area contributed by atoms with Gasteiger partial charge in [0.05, 0.1) is 15.6 Å². The minimum absolute atomic E-state index is 0.126. The largest absolute Gasteiger partial charge is 0.486 e. The average Bonchev–Trinajstić information content (AvgIpc) is 2.53. The minimum Gasteiger partial charge on any atom is -0.486 e. The molecule has 0 aromatic heterocycles. The first-order valence-electron chi connectivity index (χ1n) is 6.48. The van der Waals surface area contributed by atoms with Crippen LogP contribution in [-0.4, -0.2) is 12.6 Å². The van der Waals surface area contributed by atoms with Crippen molar-refractivity contribution in [2.24, 2.45) is 0 Å². The van der Waals surface area contributed by atoms with Crippen LogP contribution in [0.1, 0.15) is 15.9 Å². The maximum atomic E-state index is 11.7. The Morgan fingerprint density at radius 3 is 2.35 bits per heavy atom. The second-order valence-electron chi connectivity index (χ2n) is 4.43. The van der Waals surface area contributed by atoms with Crippen molar-refractivity contribution in [2.45, 2.75) is 6.61 Å². The second kappa shape index (κ2) is 8.12. The first-order chi connectivity index (χ1) is 11.0. The van der Waals surface area contributed by atoms with Crippen molar-refractivity contribution in [2.75, 3.05) is 6.61 Å². The Hall–Kier alpha value is -1.86. The Morgan fingerprint density at radius 1 is 1.09 bits per heavy atom. The van der Waals surface area contributed by atoms with E-state index in [0.29, 0.717) is 5.02 Å². The molecule has 0 radical (unpaired) electrons. The third-order valence-electron chi connectivity index (χ3n) is 2.85. The van der Waals surface area contributed by atoms with Crippen molar-refractivity contribution in [1.82, 2.24) is 0 Å². The van der Waals surface area contributed by atoms with Crippen LogP contribution in [-0.2, 0) is 11.3 Å². The van der Waals surface area contributed by atoms with Crippen molar-refractivity contribution in [3.05, 3.63) is 62.6 Å². The van der Waals surface area contributed by atoms with E-state index in [9.17, 15) is 4.79 Å². The van der Waals surface area contributed by atoms with Gasteiger partial charge in [-0.05, 0) is 18.2 Å². The van der Waals surface area contributed by atoms with E-state index < -0.39 is 5.97 Å². The van der Waals surface area contributed by atoms with Crippen molar-refractivity contribution >= 4 is 40.8 Å². The van der Waals surface area contributed by atoms with Gasteiger partial charge in [0.1, 0.15) is 6.61 Å². The molecule has 3 nitrogen and oxygen atoms in total. The number of ether oxygens (including phenoxy) is 2. The lowest BCUT2D eigenvalue weighted by molar-refractivity contribution is 0.0556. The average molecular weight is 370 g/mol. The van der Waals surface area contributed by atoms with Crippen molar-refractivity contribution in [1.29, 1.82) is 0 Å². The quantitative estimate of drug-likeness (QED) is 0.548. The summed E-state index contributed by atoms with van der Waals surface area (Å²) in [5.41, 5.74) is 0.985. The first kappa shape index (κ1) is 17.5. The Balaban J connectivity index is 2.16. The highest BCUT2D eigenvalue weighted by Gasteiger charge is 2.15. The van der Waals surface area contributed by atoms with Gasteiger partial charge in [0, 0.05) is 10.6 Å². The first-order valence-corrected chi connectivity index (χ1v) is 7.62. The zero-order chi connectivity index (χ0) is 16.8. The van der Waals surface area contributed by atoms with Crippen LogP contribution in [0.2, 0.25) is 15.1 Å². The summed E-state index contributed by atoms with van der Waals surface area (Å²) in [7, 11) is 0. The number of terminal acetylenes is 1. The molecule has 0 unspecified atom stereocenters. The third-order valence-corrected chi connectivity index (χ3v) is 3.78. The van der Waals surface area contributed by atoms with Gasteiger partial charge in [-0.2, -0.15) is 0 Å². The predicted octanol–water partition coefficient (Wildman–Crippen LogP) is 5.02. The number of hydrogen-bond acceptors (Lipinski definition) is 3. The molecule has 2 aromatic carbocycles. The van der Waals surface area contributed by atoms with E-state index in [0.717, 1.165) is 5.56 Å². The summed E-state index contributed by atoms with van der Waals surface area (Å²) in [6.07, 6.45) is 5.04. The molecule has 0 saturated heterocycles. The van der Waals surface area contributed by atoms with E-state index in [1.165, 1.54) is 12.1 Å². The molecule has 0 heterocycles. The Kier molecular flexibility index (Phi) is 6.18. The molecule has 2 rings (SSSR count). The highest BCUT2D eigenvalue weighted by atomic mass is 35.5. The molecular weight excluding hydrogens is 359 g/mol. The van der Waals surface area contributed by atoms with Crippen LogP contribution in [0.25, 0.3) is 0 Å². The number of benzene rings is 2. The van der Waals surface area contributed by atoms with E-state index >= 15 is 0 Å². The van der Waals surface area contributed by atoms with Gasteiger partial charge in [0.15, 0.2) is 12.4 Å². The van der Waals surface area contributed by atoms with Gasteiger partial charge in [-0.3, -0.25) is 0 Å². The molecule has 0 atom stereocenters. The van der Waals surface area contributed by atoms with Crippen molar-refractivity contribution < 1.29 is 14.3 Å². The number of esters is 1. The Morgan fingerprint density at radius 2 is 1.74 bits per heavy atom. The lowest BCUT2D eigenvalue weighted by Gasteiger charge is -2.12. The molecule has 0 amide bonds. The standard InChI is InChI=1S/C17H11Cl3O3/c1-2-7-22-17(21)12-8-14(19)16(15(20)9-12)23-10-11-5-3-4-6-13(11)18/h1,3-6,8-9H,7,10H2.